The average Bonchev–Trinajstić information content (AvgIpc) is 2.83. The van der Waals surface area contributed by atoms with Gasteiger partial charge in [-0.25, -0.2) is 14.0 Å². The number of rotatable bonds is 4. The van der Waals surface area contributed by atoms with Gasteiger partial charge in [-0.2, -0.15) is 0 Å². The lowest BCUT2D eigenvalue weighted by atomic mass is 10.1. The summed E-state index contributed by atoms with van der Waals surface area (Å²) < 4.78 is 24.6. The van der Waals surface area contributed by atoms with Gasteiger partial charge in [-0.05, 0) is 73.7 Å². The van der Waals surface area contributed by atoms with Gasteiger partial charge < -0.3 is 9.47 Å². The molecule has 0 unspecified atom stereocenters. The summed E-state index contributed by atoms with van der Waals surface area (Å²) in [7, 11) is 0. The number of carbonyl (C=O) groups excluding carboxylic acids is 2. The fourth-order valence-corrected chi connectivity index (χ4v) is 2.54. The van der Waals surface area contributed by atoms with Crippen molar-refractivity contribution in [3.8, 4) is 35.2 Å². The molecule has 0 aliphatic rings. The molecule has 3 rings (SSSR count). The SMILES string of the molecule is C=CC(=O)Oc1ccc(C#Cc2ccc(C#Cc3ccc(OC(=O)C(=C)C)cc3)c(F)c2)cc1. The molecule has 3 aromatic carbocycles. The van der Waals surface area contributed by atoms with Crippen molar-refractivity contribution in [3.63, 3.8) is 0 Å². The average molecular weight is 450 g/mol. The van der Waals surface area contributed by atoms with Crippen molar-refractivity contribution in [2.24, 2.45) is 0 Å². The highest BCUT2D eigenvalue weighted by Crippen LogP contribution is 2.15. The van der Waals surface area contributed by atoms with Gasteiger partial charge in [0, 0.05) is 28.3 Å². The van der Waals surface area contributed by atoms with E-state index in [4.69, 9.17) is 9.47 Å². The summed E-state index contributed by atoms with van der Waals surface area (Å²) >= 11 is 0. The van der Waals surface area contributed by atoms with E-state index in [1.807, 2.05) is 0 Å². The molecule has 0 saturated carbocycles. The first-order chi connectivity index (χ1) is 16.3. The molecule has 5 heteroatoms. The number of hydrogen-bond donors (Lipinski definition) is 0. The number of esters is 2. The Morgan fingerprint density at radius 2 is 1.29 bits per heavy atom. The molecule has 3 aromatic rings. The number of halogens is 1. The highest BCUT2D eigenvalue weighted by Gasteiger charge is 2.05. The minimum absolute atomic E-state index is 0.233. The van der Waals surface area contributed by atoms with Crippen molar-refractivity contribution < 1.29 is 23.5 Å². The van der Waals surface area contributed by atoms with Crippen LogP contribution in [0.15, 0.2) is 91.5 Å². The fourth-order valence-electron chi connectivity index (χ4n) is 2.54. The molecule has 0 saturated heterocycles. The molecule has 0 amide bonds. The summed E-state index contributed by atoms with van der Waals surface area (Å²) in [5.74, 6) is 10.7. The number of carbonyl (C=O) groups is 2. The first-order valence-corrected chi connectivity index (χ1v) is 10.1. The molecule has 0 aromatic heterocycles. The normalized spacial score (nSPS) is 9.47. The molecule has 4 nitrogen and oxygen atoms in total. The van der Waals surface area contributed by atoms with Gasteiger partial charge in [0.2, 0.25) is 0 Å². The standard InChI is InChI=1S/C29H19FO4/c1-4-28(31)33-25-15-9-21(10-16-25)5-6-23-8-14-24(27(30)19-23)13-7-22-11-17-26(18-12-22)34-29(32)20(2)3/h4,8-12,14-19H,1-2H2,3H3. The van der Waals surface area contributed by atoms with Gasteiger partial charge in [-0.3, -0.25) is 0 Å². The van der Waals surface area contributed by atoms with Gasteiger partial charge in [0.1, 0.15) is 17.3 Å². The third-order valence-electron chi connectivity index (χ3n) is 4.31. The van der Waals surface area contributed by atoms with Crippen molar-refractivity contribution in [2.45, 2.75) is 6.92 Å². The van der Waals surface area contributed by atoms with Crippen LogP contribution >= 0.6 is 0 Å². The van der Waals surface area contributed by atoms with Crippen molar-refractivity contribution in [3.05, 3.63) is 120 Å². The van der Waals surface area contributed by atoms with Crippen molar-refractivity contribution in [1.82, 2.24) is 0 Å². The Morgan fingerprint density at radius 3 is 1.82 bits per heavy atom. The Kier molecular flexibility index (Phi) is 7.79. The molecule has 0 atom stereocenters. The number of ether oxygens (including phenoxy) is 2. The Bertz CT molecular complexity index is 1380. The van der Waals surface area contributed by atoms with Gasteiger partial charge in [-0.1, -0.05) is 36.8 Å². The molecule has 0 aliphatic heterocycles. The Labute approximate surface area is 197 Å². The zero-order valence-electron chi connectivity index (χ0n) is 18.4. The quantitative estimate of drug-likeness (QED) is 0.237. The van der Waals surface area contributed by atoms with Crippen LogP contribution in [0.4, 0.5) is 4.39 Å². The van der Waals surface area contributed by atoms with Gasteiger partial charge >= 0.3 is 11.9 Å². The first kappa shape index (κ1) is 23.8. The van der Waals surface area contributed by atoms with E-state index in [0.29, 0.717) is 33.8 Å². The van der Waals surface area contributed by atoms with Gasteiger partial charge in [0.05, 0.1) is 5.56 Å². The Morgan fingerprint density at radius 1 is 0.794 bits per heavy atom. The molecule has 0 radical (unpaired) electrons. The highest BCUT2D eigenvalue weighted by molar-refractivity contribution is 5.88. The van der Waals surface area contributed by atoms with E-state index in [1.165, 1.54) is 6.07 Å². The highest BCUT2D eigenvalue weighted by atomic mass is 19.1. The summed E-state index contributed by atoms with van der Waals surface area (Å²) in [5.41, 5.74) is 2.35. The molecule has 0 fully saturated rings. The molecule has 166 valence electrons. The predicted molar refractivity (Wildman–Crippen MR) is 128 cm³/mol. The third-order valence-corrected chi connectivity index (χ3v) is 4.31. The lowest BCUT2D eigenvalue weighted by Crippen LogP contribution is -2.07. The third kappa shape index (κ3) is 6.82. The van der Waals surface area contributed by atoms with E-state index in [-0.39, 0.29) is 5.56 Å². The molecular formula is C29H19FO4. The van der Waals surface area contributed by atoms with Crippen LogP contribution in [0.1, 0.15) is 29.2 Å². The van der Waals surface area contributed by atoms with Gasteiger partial charge in [0.25, 0.3) is 0 Å². The summed E-state index contributed by atoms with van der Waals surface area (Å²) in [6.45, 7) is 8.44. The van der Waals surface area contributed by atoms with Crippen molar-refractivity contribution in [2.75, 3.05) is 0 Å². The maximum Gasteiger partial charge on any atom is 0.338 e. The lowest BCUT2D eigenvalue weighted by Gasteiger charge is -2.03. The van der Waals surface area contributed by atoms with Crippen LogP contribution in [0.3, 0.4) is 0 Å². The summed E-state index contributed by atoms with van der Waals surface area (Å²) in [6, 6.07) is 17.7. The fraction of sp³-hybridized carbons (Fsp3) is 0.0345. The number of benzene rings is 3. The van der Waals surface area contributed by atoms with Crippen LogP contribution in [-0.4, -0.2) is 11.9 Å². The van der Waals surface area contributed by atoms with E-state index in [0.717, 1.165) is 6.08 Å². The lowest BCUT2D eigenvalue weighted by molar-refractivity contribution is -0.130. The van der Waals surface area contributed by atoms with Crippen molar-refractivity contribution in [1.29, 1.82) is 0 Å². The maximum atomic E-state index is 14.5. The molecule has 0 N–H and O–H groups in total. The minimum atomic E-state index is -0.543. The molecule has 34 heavy (non-hydrogen) atoms. The maximum absolute atomic E-state index is 14.5. The van der Waals surface area contributed by atoms with Crippen LogP contribution in [0.2, 0.25) is 0 Å². The van der Waals surface area contributed by atoms with Crippen LogP contribution in [-0.2, 0) is 9.59 Å². The second-order valence-electron chi connectivity index (χ2n) is 7.04. The molecular weight excluding hydrogens is 431 g/mol. The summed E-state index contributed by atoms with van der Waals surface area (Å²) in [5, 5.41) is 0. The van der Waals surface area contributed by atoms with E-state index in [1.54, 1.807) is 67.6 Å². The van der Waals surface area contributed by atoms with E-state index in [9.17, 15) is 14.0 Å². The largest absolute Gasteiger partial charge is 0.423 e. The number of hydrogen-bond acceptors (Lipinski definition) is 4. The molecule has 0 aliphatic carbocycles. The van der Waals surface area contributed by atoms with Crippen molar-refractivity contribution >= 4 is 11.9 Å². The minimum Gasteiger partial charge on any atom is -0.423 e. The van der Waals surface area contributed by atoms with E-state index >= 15 is 0 Å². The van der Waals surface area contributed by atoms with Crippen LogP contribution in [0.25, 0.3) is 0 Å². The van der Waals surface area contributed by atoms with Gasteiger partial charge in [0.15, 0.2) is 0 Å². The monoisotopic (exact) mass is 450 g/mol. The zero-order chi connectivity index (χ0) is 24.5. The Hall–Kier alpha value is -4.87. The molecule has 0 bridgehead atoms. The summed E-state index contributed by atoms with van der Waals surface area (Å²) in [4.78, 5) is 22.7. The van der Waals surface area contributed by atoms with Crippen LogP contribution in [0.5, 0.6) is 11.5 Å². The summed E-state index contributed by atoms with van der Waals surface area (Å²) in [6.07, 6.45) is 1.08. The van der Waals surface area contributed by atoms with Crippen LogP contribution < -0.4 is 9.47 Å². The van der Waals surface area contributed by atoms with E-state index < -0.39 is 17.8 Å². The molecule has 0 heterocycles. The Balaban J connectivity index is 1.67. The second kappa shape index (κ2) is 11.1. The zero-order valence-corrected chi connectivity index (χ0v) is 18.4. The van der Waals surface area contributed by atoms with E-state index in [2.05, 4.69) is 36.8 Å². The predicted octanol–water partition coefficient (Wildman–Crippen LogP) is 5.20. The topological polar surface area (TPSA) is 52.6 Å². The smallest absolute Gasteiger partial charge is 0.338 e. The first-order valence-electron chi connectivity index (χ1n) is 10.1. The molecule has 0 spiro atoms. The second-order valence-corrected chi connectivity index (χ2v) is 7.04. The van der Waals surface area contributed by atoms with Gasteiger partial charge in [-0.15, -0.1) is 0 Å². The van der Waals surface area contributed by atoms with Crippen LogP contribution in [0, 0.1) is 29.5 Å².